The van der Waals surface area contributed by atoms with Crippen LogP contribution in [0.2, 0.25) is 0 Å². The number of piperazine rings is 1. The first-order valence-corrected chi connectivity index (χ1v) is 9.92. The number of rotatable bonds is 3. The molecule has 1 saturated heterocycles. The number of hydrogen-bond acceptors (Lipinski definition) is 5. The van der Waals surface area contributed by atoms with E-state index in [9.17, 15) is 8.42 Å². The van der Waals surface area contributed by atoms with Crippen LogP contribution in [0, 0.1) is 0 Å². The van der Waals surface area contributed by atoms with Crippen molar-refractivity contribution < 1.29 is 13.2 Å². The fraction of sp³-hybridized carbons (Fsp3) is 0.389. The van der Waals surface area contributed by atoms with Crippen LogP contribution < -0.4 is 10.1 Å². The van der Waals surface area contributed by atoms with Gasteiger partial charge in [-0.05, 0) is 42.3 Å². The van der Waals surface area contributed by atoms with E-state index in [1.165, 1.54) is 0 Å². The summed E-state index contributed by atoms with van der Waals surface area (Å²) in [6.45, 7) is 3.64. The van der Waals surface area contributed by atoms with E-state index in [2.05, 4.69) is 10.3 Å². The quantitative estimate of drug-likeness (QED) is 0.862. The highest BCUT2D eigenvalue weighted by molar-refractivity contribution is 7.89. The Morgan fingerprint density at radius 3 is 2.92 bits per heavy atom. The maximum Gasteiger partial charge on any atom is 0.243 e. The summed E-state index contributed by atoms with van der Waals surface area (Å²) in [5.74, 6) is 0.788. The van der Waals surface area contributed by atoms with Crippen LogP contribution in [0.5, 0.6) is 5.75 Å². The molecule has 0 aliphatic carbocycles. The van der Waals surface area contributed by atoms with Gasteiger partial charge >= 0.3 is 0 Å². The molecular formula is C18H22ClN3O3S. The van der Waals surface area contributed by atoms with Crippen molar-refractivity contribution in [3.63, 3.8) is 0 Å². The molecule has 0 bridgehead atoms. The van der Waals surface area contributed by atoms with Gasteiger partial charge in [0.2, 0.25) is 10.0 Å². The van der Waals surface area contributed by atoms with E-state index in [-0.39, 0.29) is 24.6 Å². The molecular weight excluding hydrogens is 374 g/mol. The minimum absolute atomic E-state index is 0. The van der Waals surface area contributed by atoms with Crippen LogP contribution in [0.4, 0.5) is 0 Å². The number of fused-ring (bicyclic) bond motifs is 1. The number of pyridine rings is 1. The molecule has 2 atom stereocenters. The third kappa shape index (κ3) is 3.44. The summed E-state index contributed by atoms with van der Waals surface area (Å²) in [7, 11) is -3.59. The first-order valence-electron chi connectivity index (χ1n) is 8.48. The van der Waals surface area contributed by atoms with Gasteiger partial charge in [-0.2, -0.15) is 4.31 Å². The summed E-state index contributed by atoms with van der Waals surface area (Å²) in [5, 5.41) is 3.28. The van der Waals surface area contributed by atoms with Crippen molar-refractivity contribution in [2.75, 3.05) is 19.6 Å². The molecule has 2 aliphatic heterocycles. The minimum atomic E-state index is -3.59. The normalized spacial score (nSPS) is 23.0. The molecule has 140 valence electrons. The van der Waals surface area contributed by atoms with Crippen molar-refractivity contribution in [1.82, 2.24) is 14.6 Å². The number of sulfonamides is 1. The zero-order valence-corrected chi connectivity index (χ0v) is 16.1. The second-order valence-corrected chi connectivity index (χ2v) is 8.41. The summed E-state index contributed by atoms with van der Waals surface area (Å²) in [4.78, 5) is 4.47. The lowest BCUT2D eigenvalue weighted by Crippen LogP contribution is -2.48. The van der Waals surface area contributed by atoms with Gasteiger partial charge in [0.05, 0.1) is 10.9 Å². The predicted molar refractivity (Wildman–Crippen MR) is 101 cm³/mol. The maximum atomic E-state index is 13.3. The van der Waals surface area contributed by atoms with Gasteiger partial charge in [0.1, 0.15) is 11.9 Å². The van der Waals surface area contributed by atoms with E-state index in [0.717, 1.165) is 23.3 Å². The molecule has 1 fully saturated rings. The smallest absolute Gasteiger partial charge is 0.243 e. The van der Waals surface area contributed by atoms with E-state index >= 15 is 0 Å². The van der Waals surface area contributed by atoms with Gasteiger partial charge in [-0.1, -0.05) is 6.07 Å². The number of hydrogen-bond donors (Lipinski definition) is 1. The van der Waals surface area contributed by atoms with E-state index in [4.69, 9.17) is 4.74 Å². The molecule has 0 spiro atoms. The lowest BCUT2D eigenvalue weighted by molar-refractivity contribution is 0.254. The summed E-state index contributed by atoms with van der Waals surface area (Å²) < 4.78 is 33.8. The van der Waals surface area contributed by atoms with Crippen molar-refractivity contribution in [1.29, 1.82) is 0 Å². The van der Waals surface area contributed by atoms with Crippen molar-refractivity contribution >= 4 is 22.4 Å². The molecule has 1 N–H and O–H groups in total. The maximum absolute atomic E-state index is 13.3. The molecule has 8 heteroatoms. The SMILES string of the molecule is CC1Cc2cc(S(=O)(=O)N3CCNCC3c3cccnc3)ccc2O1.Cl. The van der Waals surface area contributed by atoms with Gasteiger partial charge in [-0.25, -0.2) is 8.42 Å². The molecule has 6 nitrogen and oxygen atoms in total. The van der Waals surface area contributed by atoms with Crippen LogP contribution in [-0.2, 0) is 16.4 Å². The topological polar surface area (TPSA) is 71.5 Å². The third-order valence-corrected chi connectivity index (χ3v) is 6.64. The number of nitrogens with one attached hydrogen (secondary N) is 1. The number of nitrogens with zero attached hydrogens (tertiary/aromatic N) is 2. The molecule has 26 heavy (non-hydrogen) atoms. The lowest BCUT2D eigenvalue weighted by Gasteiger charge is -2.35. The molecule has 4 rings (SSSR count). The number of benzene rings is 1. The Hall–Kier alpha value is -1.67. The first kappa shape index (κ1) is 19.1. The Labute approximate surface area is 160 Å². The van der Waals surface area contributed by atoms with E-state index in [1.54, 1.807) is 34.9 Å². The Morgan fingerprint density at radius 1 is 1.31 bits per heavy atom. The third-order valence-electron chi connectivity index (χ3n) is 4.74. The van der Waals surface area contributed by atoms with Gasteiger partial charge < -0.3 is 10.1 Å². The highest BCUT2D eigenvalue weighted by Gasteiger charge is 2.35. The molecule has 2 unspecified atom stereocenters. The fourth-order valence-electron chi connectivity index (χ4n) is 3.52. The number of aromatic nitrogens is 1. The van der Waals surface area contributed by atoms with Gasteiger partial charge in [-0.3, -0.25) is 4.98 Å². The van der Waals surface area contributed by atoms with Crippen LogP contribution in [-0.4, -0.2) is 43.4 Å². The van der Waals surface area contributed by atoms with Crippen LogP contribution in [0.15, 0.2) is 47.6 Å². The van der Waals surface area contributed by atoms with Crippen LogP contribution in [0.3, 0.4) is 0 Å². The second kappa shape index (κ2) is 7.52. The average molecular weight is 396 g/mol. The largest absolute Gasteiger partial charge is 0.490 e. The minimum Gasteiger partial charge on any atom is -0.490 e. The number of ether oxygens (including phenoxy) is 1. The predicted octanol–water partition coefficient (Wildman–Crippen LogP) is 2.16. The Kier molecular flexibility index (Phi) is 5.53. The van der Waals surface area contributed by atoms with E-state index in [0.29, 0.717) is 24.5 Å². The van der Waals surface area contributed by atoms with Crippen LogP contribution in [0.25, 0.3) is 0 Å². The summed E-state index contributed by atoms with van der Waals surface area (Å²) in [6, 6.07) is 8.68. The molecule has 2 aliphatic rings. The van der Waals surface area contributed by atoms with Crippen molar-refractivity contribution in [2.24, 2.45) is 0 Å². The zero-order chi connectivity index (χ0) is 17.4. The van der Waals surface area contributed by atoms with Crippen molar-refractivity contribution in [2.45, 2.75) is 30.4 Å². The van der Waals surface area contributed by atoms with Crippen molar-refractivity contribution in [3.05, 3.63) is 53.9 Å². The van der Waals surface area contributed by atoms with Gasteiger partial charge in [0.25, 0.3) is 0 Å². The van der Waals surface area contributed by atoms with Gasteiger partial charge in [-0.15, -0.1) is 12.4 Å². The molecule has 0 saturated carbocycles. The van der Waals surface area contributed by atoms with E-state index in [1.807, 2.05) is 19.1 Å². The molecule has 2 aromatic rings. The van der Waals surface area contributed by atoms with Gasteiger partial charge in [0.15, 0.2) is 0 Å². The monoisotopic (exact) mass is 395 g/mol. The molecule has 0 amide bonds. The van der Waals surface area contributed by atoms with Crippen LogP contribution in [0.1, 0.15) is 24.1 Å². The van der Waals surface area contributed by atoms with E-state index < -0.39 is 10.0 Å². The Morgan fingerprint density at radius 2 is 2.15 bits per heavy atom. The lowest BCUT2D eigenvalue weighted by atomic mass is 10.1. The zero-order valence-electron chi connectivity index (χ0n) is 14.5. The Balaban J connectivity index is 0.00000196. The Bertz CT molecular complexity index is 877. The molecule has 3 heterocycles. The molecule has 1 aromatic heterocycles. The fourth-order valence-corrected chi connectivity index (χ4v) is 5.19. The summed E-state index contributed by atoms with van der Waals surface area (Å²) >= 11 is 0. The number of halogens is 1. The van der Waals surface area contributed by atoms with Crippen LogP contribution >= 0.6 is 12.4 Å². The molecule has 0 radical (unpaired) electrons. The molecule has 1 aromatic carbocycles. The average Bonchev–Trinajstić information content (AvgIpc) is 3.01. The summed E-state index contributed by atoms with van der Waals surface area (Å²) in [5.41, 5.74) is 1.86. The van der Waals surface area contributed by atoms with Gasteiger partial charge in [0, 0.05) is 38.4 Å². The first-order chi connectivity index (χ1) is 12.1. The summed E-state index contributed by atoms with van der Waals surface area (Å²) in [6.07, 6.45) is 4.26. The highest BCUT2D eigenvalue weighted by Crippen LogP contribution is 2.34. The standard InChI is InChI=1S/C18H21N3O3S.ClH/c1-13-9-15-10-16(4-5-18(15)24-13)25(22,23)21-8-7-20-12-17(21)14-3-2-6-19-11-14;/h2-6,10-11,13,17,20H,7-9,12H2,1H3;1H. The van der Waals surface area contributed by atoms with Crippen molar-refractivity contribution in [3.8, 4) is 5.75 Å². The second-order valence-electron chi connectivity index (χ2n) is 6.52. The highest BCUT2D eigenvalue weighted by atomic mass is 35.5.